The van der Waals surface area contributed by atoms with Crippen LogP contribution < -0.4 is 16.0 Å². The fourth-order valence-corrected chi connectivity index (χ4v) is 4.44. The van der Waals surface area contributed by atoms with E-state index in [4.69, 9.17) is 5.73 Å². The van der Waals surface area contributed by atoms with Gasteiger partial charge in [0.1, 0.15) is 5.52 Å². The SMILES string of the molecule is Cn1cc2c(=O)n(C)cc(-c3cc(N)ccc3NS(=O)(=O)C3CC3)c2n1. The lowest BCUT2D eigenvalue weighted by Crippen LogP contribution is -2.19. The number of aromatic nitrogens is 3. The molecule has 136 valence electrons. The smallest absolute Gasteiger partial charge is 0.261 e. The Balaban J connectivity index is 1.96. The van der Waals surface area contributed by atoms with Crippen LogP contribution in [0, 0.1) is 0 Å². The van der Waals surface area contributed by atoms with E-state index in [0.29, 0.717) is 46.2 Å². The molecule has 0 amide bonds. The molecule has 0 radical (unpaired) electrons. The van der Waals surface area contributed by atoms with Crippen molar-refractivity contribution in [2.24, 2.45) is 14.1 Å². The van der Waals surface area contributed by atoms with Gasteiger partial charge in [0, 0.05) is 43.3 Å². The molecule has 1 fully saturated rings. The lowest BCUT2D eigenvalue weighted by Gasteiger charge is -2.14. The summed E-state index contributed by atoms with van der Waals surface area (Å²) in [6, 6.07) is 4.98. The van der Waals surface area contributed by atoms with Gasteiger partial charge in [-0.25, -0.2) is 8.42 Å². The topological polar surface area (TPSA) is 112 Å². The van der Waals surface area contributed by atoms with Crippen LogP contribution in [0.15, 0.2) is 35.4 Å². The van der Waals surface area contributed by atoms with E-state index in [1.807, 2.05) is 0 Å². The van der Waals surface area contributed by atoms with Crippen LogP contribution in [-0.2, 0) is 24.1 Å². The summed E-state index contributed by atoms with van der Waals surface area (Å²) >= 11 is 0. The molecule has 2 heterocycles. The summed E-state index contributed by atoms with van der Waals surface area (Å²) in [6.07, 6.45) is 4.65. The summed E-state index contributed by atoms with van der Waals surface area (Å²) in [4.78, 5) is 12.4. The molecule has 0 saturated heterocycles. The van der Waals surface area contributed by atoms with E-state index < -0.39 is 10.0 Å². The quantitative estimate of drug-likeness (QED) is 0.672. The Morgan fingerprint density at radius 1 is 1.19 bits per heavy atom. The second-order valence-electron chi connectivity index (χ2n) is 6.68. The van der Waals surface area contributed by atoms with Crippen molar-refractivity contribution in [2.45, 2.75) is 18.1 Å². The lowest BCUT2D eigenvalue weighted by atomic mass is 10.0. The third kappa shape index (κ3) is 2.74. The fraction of sp³-hybridized carbons (Fsp3) is 0.294. The van der Waals surface area contributed by atoms with Gasteiger partial charge in [-0.05, 0) is 31.0 Å². The zero-order valence-corrected chi connectivity index (χ0v) is 15.2. The average molecular weight is 373 g/mol. The number of nitrogens with one attached hydrogen (secondary N) is 1. The molecule has 9 heteroatoms. The first-order chi connectivity index (χ1) is 12.3. The molecular weight excluding hydrogens is 354 g/mol. The summed E-state index contributed by atoms with van der Waals surface area (Å²) in [5.41, 5.74) is 8.44. The Kier molecular flexibility index (Phi) is 3.58. The molecule has 0 bridgehead atoms. The van der Waals surface area contributed by atoms with Gasteiger partial charge in [0.2, 0.25) is 10.0 Å². The van der Waals surface area contributed by atoms with E-state index in [9.17, 15) is 13.2 Å². The molecule has 1 aliphatic rings. The molecule has 4 rings (SSSR count). The lowest BCUT2D eigenvalue weighted by molar-refractivity contribution is 0.600. The monoisotopic (exact) mass is 373 g/mol. The van der Waals surface area contributed by atoms with Crippen LogP contribution >= 0.6 is 0 Å². The molecule has 8 nitrogen and oxygen atoms in total. The number of fused-ring (bicyclic) bond motifs is 1. The molecule has 26 heavy (non-hydrogen) atoms. The molecular formula is C17H19N5O3S. The largest absolute Gasteiger partial charge is 0.399 e. The number of nitrogens with two attached hydrogens (primary N) is 1. The normalized spacial score (nSPS) is 14.7. The van der Waals surface area contributed by atoms with Crippen molar-refractivity contribution < 1.29 is 8.42 Å². The summed E-state index contributed by atoms with van der Waals surface area (Å²) in [7, 11) is -0.0480. The van der Waals surface area contributed by atoms with Crippen molar-refractivity contribution in [3.05, 3.63) is 40.9 Å². The zero-order chi connectivity index (χ0) is 18.6. The number of anilines is 2. The predicted molar refractivity (Wildman–Crippen MR) is 101 cm³/mol. The summed E-state index contributed by atoms with van der Waals surface area (Å²) in [6.45, 7) is 0. The van der Waals surface area contributed by atoms with E-state index in [1.54, 1.807) is 49.4 Å². The Morgan fingerprint density at radius 3 is 2.62 bits per heavy atom. The third-order valence-corrected chi connectivity index (χ3v) is 6.36. The number of nitrogen functional groups attached to an aromatic ring is 1. The highest BCUT2D eigenvalue weighted by Crippen LogP contribution is 2.36. The number of hydrogen-bond donors (Lipinski definition) is 2. The van der Waals surface area contributed by atoms with Gasteiger partial charge in [0.05, 0.1) is 16.3 Å². The molecule has 0 atom stereocenters. The maximum Gasteiger partial charge on any atom is 0.261 e. The molecule has 3 aromatic rings. The molecule has 3 N–H and O–H groups in total. The zero-order valence-electron chi connectivity index (χ0n) is 14.4. The van der Waals surface area contributed by atoms with Crippen LogP contribution in [0.1, 0.15) is 12.8 Å². The standard InChI is InChI=1S/C17H19N5O3S/c1-21-8-13(16-14(17(21)23)9-22(2)19-16)12-7-10(18)3-6-15(12)20-26(24,25)11-4-5-11/h3,6-9,11,20H,4-5,18H2,1-2H3. The van der Waals surface area contributed by atoms with Crippen LogP contribution in [0.25, 0.3) is 22.0 Å². The van der Waals surface area contributed by atoms with Gasteiger partial charge >= 0.3 is 0 Å². The highest BCUT2D eigenvalue weighted by Gasteiger charge is 2.36. The van der Waals surface area contributed by atoms with Crippen molar-refractivity contribution in [1.29, 1.82) is 0 Å². The minimum absolute atomic E-state index is 0.166. The summed E-state index contributed by atoms with van der Waals surface area (Å²) < 4.78 is 30.5. The van der Waals surface area contributed by atoms with Crippen molar-refractivity contribution in [2.75, 3.05) is 10.5 Å². The molecule has 1 saturated carbocycles. The second-order valence-corrected chi connectivity index (χ2v) is 8.64. The maximum atomic E-state index is 12.4. The van der Waals surface area contributed by atoms with Gasteiger partial charge in [-0.2, -0.15) is 5.10 Å². The van der Waals surface area contributed by atoms with Crippen LogP contribution in [0.3, 0.4) is 0 Å². The van der Waals surface area contributed by atoms with E-state index in [1.165, 1.54) is 4.57 Å². The Hall–Kier alpha value is -2.81. The maximum absolute atomic E-state index is 12.4. The molecule has 0 aliphatic heterocycles. The van der Waals surface area contributed by atoms with E-state index in [0.717, 1.165) is 0 Å². The molecule has 1 aliphatic carbocycles. The van der Waals surface area contributed by atoms with E-state index in [-0.39, 0.29) is 10.8 Å². The van der Waals surface area contributed by atoms with E-state index in [2.05, 4.69) is 9.82 Å². The van der Waals surface area contributed by atoms with Crippen molar-refractivity contribution in [1.82, 2.24) is 14.3 Å². The molecule has 2 aromatic heterocycles. The van der Waals surface area contributed by atoms with Crippen LogP contribution in [0.2, 0.25) is 0 Å². The Labute approximate surface area is 150 Å². The number of benzene rings is 1. The number of rotatable bonds is 4. The van der Waals surface area contributed by atoms with Gasteiger partial charge in [-0.1, -0.05) is 0 Å². The number of hydrogen-bond acceptors (Lipinski definition) is 5. The summed E-state index contributed by atoms with van der Waals surface area (Å²) in [5.74, 6) is 0. The van der Waals surface area contributed by atoms with Crippen molar-refractivity contribution >= 4 is 32.3 Å². The van der Waals surface area contributed by atoms with Crippen molar-refractivity contribution in [3.63, 3.8) is 0 Å². The first-order valence-electron chi connectivity index (χ1n) is 8.21. The minimum atomic E-state index is -3.43. The predicted octanol–water partition coefficient (Wildman–Crippen LogP) is 1.43. The fourth-order valence-electron chi connectivity index (χ4n) is 3.03. The van der Waals surface area contributed by atoms with Gasteiger partial charge in [0.15, 0.2) is 0 Å². The van der Waals surface area contributed by atoms with E-state index >= 15 is 0 Å². The minimum Gasteiger partial charge on any atom is -0.399 e. The number of aryl methyl sites for hydroxylation is 2. The molecule has 0 spiro atoms. The molecule has 0 unspecified atom stereocenters. The number of nitrogens with zero attached hydrogens (tertiary/aromatic N) is 3. The van der Waals surface area contributed by atoms with Gasteiger partial charge in [-0.15, -0.1) is 0 Å². The Morgan fingerprint density at radius 2 is 1.92 bits per heavy atom. The number of pyridine rings is 1. The third-order valence-electron chi connectivity index (χ3n) is 4.51. The first kappa shape index (κ1) is 16.6. The summed E-state index contributed by atoms with van der Waals surface area (Å²) in [5, 5.41) is 4.51. The van der Waals surface area contributed by atoms with Crippen LogP contribution in [0.4, 0.5) is 11.4 Å². The molecule has 1 aromatic carbocycles. The van der Waals surface area contributed by atoms with Gasteiger partial charge in [0.25, 0.3) is 5.56 Å². The van der Waals surface area contributed by atoms with Crippen LogP contribution in [0.5, 0.6) is 0 Å². The first-order valence-corrected chi connectivity index (χ1v) is 9.75. The average Bonchev–Trinajstić information content (AvgIpc) is 3.36. The second kappa shape index (κ2) is 5.60. The highest BCUT2D eigenvalue weighted by atomic mass is 32.2. The Bertz CT molecular complexity index is 1190. The number of sulfonamides is 1. The highest BCUT2D eigenvalue weighted by molar-refractivity contribution is 7.93. The van der Waals surface area contributed by atoms with Crippen molar-refractivity contribution in [3.8, 4) is 11.1 Å². The van der Waals surface area contributed by atoms with Gasteiger partial charge < -0.3 is 10.3 Å². The van der Waals surface area contributed by atoms with Crippen LogP contribution in [-0.4, -0.2) is 28.0 Å². The van der Waals surface area contributed by atoms with Gasteiger partial charge in [-0.3, -0.25) is 14.2 Å².